The van der Waals surface area contributed by atoms with Crippen LogP contribution in [0.4, 0.5) is 4.39 Å². The summed E-state index contributed by atoms with van der Waals surface area (Å²) in [7, 11) is -4.02. The van der Waals surface area contributed by atoms with Crippen LogP contribution in [-0.4, -0.2) is 18.5 Å². The molecule has 8 heteroatoms. The zero-order valence-electron chi connectivity index (χ0n) is 11.3. The summed E-state index contributed by atoms with van der Waals surface area (Å²) in [6.07, 6.45) is 2.16. The Morgan fingerprint density at radius 1 is 1.43 bits per heavy atom. The monoisotopic (exact) mass is 314 g/mol. The highest BCUT2D eigenvalue weighted by atomic mass is 32.2. The topological polar surface area (TPSA) is 92.4 Å². The molecule has 0 aliphatic carbocycles. The molecule has 2 N–H and O–H groups in total. The number of aryl methyl sites for hydroxylation is 1. The molecule has 1 heterocycles. The van der Waals surface area contributed by atoms with Crippen molar-refractivity contribution < 1.29 is 22.3 Å². The highest BCUT2D eigenvalue weighted by Crippen LogP contribution is 2.16. The van der Waals surface area contributed by atoms with E-state index in [1.54, 1.807) is 0 Å². The first kappa shape index (κ1) is 15.6. The van der Waals surface area contributed by atoms with Crippen LogP contribution in [0.1, 0.15) is 24.1 Å². The fourth-order valence-electron chi connectivity index (χ4n) is 1.69. The fourth-order valence-corrected chi connectivity index (χ4v) is 2.72. The minimum absolute atomic E-state index is 0.163. The number of nitrogens with one attached hydrogen (secondary N) is 1. The van der Waals surface area contributed by atoms with Crippen LogP contribution >= 0.6 is 0 Å². The van der Waals surface area contributed by atoms with E-state index in [1.807, 2.05) is 6.92 Å². The number of rotatable bonds is 6. The lowest BCUT2D eigenvalue weighted by Gasteiger charge is -2.07. The molecule has 21 heavy (non-hydrogen) atoms. The van der Waals surface area contributed by atoms with Gasteiger partial charge < -0.3 is 9.52 Å². The molecule has 0 atom stereocenters. The van der Waals surface area contributed by atoms with E-state index in [9.17, 15) is 12.8 Å². The first-order chi connectivity index (χ1) is 9.96. The van der Waals surface area contributed by atoms with Gasteiger partial charge in [-0.1, -0.05) is 13.0 Å². The Bertz CT molecular complexity index is 728. The van der Waals surface area contributed by atoms with E-state index in [0.29, 0.717) is 17.7 Å². The van der Waals surface area contributed by atoms with Crippen molar-refractivity contribution in [3.63, 3.8) is 0 Å². The van der Waals surface area contributed by atoms with Gasteiger partial charge in [-0.15, -0.1) is 0 Å². The van der Waals surface area contributed by atoms with Crippen molar-refractivity contribution >= 4 is 10.0 Å². The number of aliphatic hydroxyl groups is 1. The van der Waals surface area contributed by atoms with Gasteiger partial charge in [-0.05, 0) is 17.7 Å². The number of nitrogens with zero attached hydrogens (tertiary/aromatic N) is 1. The van der Waals surface area contributed by atoms with Gasteiger partial charge in [0.1, 0.15) is 16.5 Å². The maximum absolute atomic E-state index is 13.7. The number of aliphatic hydroxyl groups excluding tert-OH is 1. The average Bonchev–Trinajstić information content (AvgIpc) is 2.93. The molecular formula is C13H15FN2O4S. The number of halogens is 1. The van der Waals surface area contributed by atoms with E-state index in [4.69, 9.17) is 9.52 Å². The zero-order chi connectivity index (χ0) is 15.5. The second-order valence-electron chi connectivity index (χ2n) is 4.32. The molecule has 2 rings (SSSR count). The number of hydrogen-bond donors (Lipinski definition) is 2. The summed E-state index contributed by atoms with van der Waals surface area (Å²) >= 11 is 0. The zero-order valence-corrected chi connectivity index (χ0v) is 12.2. The van der Waals surface area contributed by atoms with E-state index in [2.05, 4.69) is 9.71 Å². The summed E-state index contributed by atoms with van der Waals surface area (Å²) in [6.45, 7) is 1.36. The van der Waals surface area contributed by atoms with Gasteiger partial charge in [0.05, 0.1) is 19.3 Å². The summed E-state index contributed by atoms with van der Waals surface area (Å²) in [5.74, 6) is -0.0683. The SMILES string of the molecule is CCc1cnc(CNS(=O)(=O)c2ccc(CO)cc2F)o1. The molecule has 0 aliphatic heterocycles. The van der Waals surface area contributed by atoms with E-state index in [-0.39, 0.29) is 19.0 Å². The highest BCUT2D eigenvalue weighted by Gasteiger charge is 2.20. The molecule has 0 radical (unpaired) electrons. The summed E-state index contributed by atoms with van der Waals surface area (Å²) in [5, 5.41) is 8.88. The maximum atomic E-state index is 13.7. The number of sulfonamides is 1. The van der Waals surface area contributed by atoms with E-state index in [0.717, 1.165) is 12.1 Å². The lowest BCUT2D eigenvalue weighted by Crippen LogP contribution is -2.24. The van der Waals surface area contributed by atoms with Gasteiger partial charge in [0, 0.05) is 6.42 Å². The Hall–Kier alpha value is -1.77. The largest absolute Gasteiger partial charge is 0.444 e. The van der Waals surface area contributed by atoms with Crippen LogP contribution in [-0.2, 0) is 29.6 Å². The standard InChI is InChI=1S/C13H15FN2O4S/c1-2-10-6-15-13(20-10)7-16-21(18,19)12-4-3-9(8-17)5-11(12)14/h3-6,16-17H,2,7-8H2,1H3. The summed E-state index contributed by atoms with van der Waals surface area (Å²) in [5.41, 5.74) is 0.298. The van der Waals surface area contributed by atoms with E-state index in [1.165, 1.54) is 12.3 Å². The fraction of sp³-hybridized carbons (Fsp3) is 0.308. The Balaban J connectivity index is 2.14. The van der Waals surface area contributed by atoms with Crippen molar-refractivity contribution in [3.8, 4) is 0 Å². The molecule has 1 aromatic heterocycles. The molecule has 0 bridgehead atoms. The van der Waals surface area contributed by atoms with Gasteiger partial charge in [0.2, 0.25) is 15.9 Å². The van der Waals surface area contributed by atoms with Crippen molar-refractivity contribution in [1.82, 2.24) is 9.71 Å². The minimum Gasteiger partial charge on any atom is -0.444 e. The van der Waals surface area contributed by atoms with Gasteiger partial charge in [-0.25, -0.2) is 22.5 Å². The molecule has 2 aromatic rings. The van der Waals surface area contributed by atoms with Crippen LogP contribution in [0.25, 0.3) is 0 Å². The number of benzene rings is 1. The van der Waals surface area contributed by atoms with Crippen LogP contribution in [0.5, 0.6) is 0 Å². The molecule has 0 aliphatic rings. The molecule has 6 nitrogen and oxygen atoms in total. The molecule has 0 saturated carbocycles. The van der Waals surface area contributed by atoms with Crippen molar-refractivity contribution in [2.45, 2.75) is 31.4 Å². The molecule has 0 spiro atoms. The summed E-state index contributed by atoms with van der Waals surface area (Å²) in [6, 6.07) is 3.43. The smallest absolute Gasteiger partial charge is 0.243 e. The van der Waals surface area contributed by atoms with Crippen molar-refractivity contribution in [3.05, 3.63) is 47.4 Å². The van der Waals surface area contributed by atoms with Gasteiger partial charge in [0.15, 0.2) is 0 Å². The van der Waals surface area contributed by atoms with Crippen LogP contribution in [0.3, 0.4) is 0 Å². The Labute approximate surface area is 121 Å². The quantitative estimate of drug-likeness (QED) is 0.839. The predicted molar refractivity (Wildman–Crippen MR) is 72.2 cm³/mol. The molecular weight excluding hydrogens is 299 g/mol. The Morgan fingerprint density at radius 3 is 2.76 bits per heavy atom. The predicted octanol–water partition coefficient (Wildman–Crippen LogP) is 1.35. The lowest BCUT2D eigenvalue weighted by atomic mass is 10.2. The molecule has 0 fully saturated rings. The number of aromatic nitrogens is 1. The van der Waals surface area contributed by atoms with Crippen molar-refractivity contribution in [2.75, 3.05) is 0 Å². The van der Waals surface area contributed by atoms with E-state index >= 15 is 0 Å². The first-order valence-corrected chi connectivity index (χ1v) is 7.77. The minimum atomic E-state index is -4.02. The van der Waals surface area contributed by atoms with Crippen LogP contribution in [0, 0.1) is 5.82 Å². The van der Waals surface area contributed by atoms with Gasteiger partial charge >= 0.3 is 0 Å². The van der Waals surface area contributed by atoms with Gasteiger partial charge in [-0.3, -0.25) is 0 Å². The third kappa shape index (κ3) is 3.66. The summed E-state index contributed by atoms with van der Waals surface area (Å²) < 4.78 is 45.3. The molecule has 0 saturated heterocycles. The normalized spacial score (nSPS) is 11.8. The Morgan fingerprint density at radius 2 is 2.19 bits per heavy atom. The van der Waals surface area contributed by atoms with Crippen LogP contribution in [0.15, 0.2) is 33.7 Å². The second kappa shape index (κ2) is 6.33. The van der Waals surface area contributed by atoms with Crippen LogP contribution in [0.2, 0.25) is 0 Å². The van der Waals surface area contributed by atoms with E-state index < -0.39 is 20.7 Å². The van der Waals surface area contributed by atoms with Crippen molar-refractivity contribution in [1.29, 1.82) is 0 Å². The Kier molecular flexibility index (Phi) is 4.71. The third-order valence-electron chi connectivity index (χ3n) is 2.83. The first-order valence-electron chi connectivity index (χ1n) is 6.28. The van der Waals surface area contributed by atoms with Crippen LogP contribution < -0.4 is 4.72 Å². The summed E-state index contributed by atoms with van der Waals surface area (Å²) in [4.78, 5) is 3.43. The third-order valence-corrected chi connectivity index (χ3v) is 4.27. The highest BCUT2D eigenvalue weighted by molar-refractivity contribution is 7.89. The van der Waals surface area contributed by atoms with Crippen molar-refractivity contribution in [2.24, 2.45) is 0 Å². The lowest BCUT2D eigenvalue weighted by molar-refractivity contribution is 0.281. The van der Waals surface area contributed by atoms with Gasteiger partial charge in [-0.2, -0.15) is 0 Å². The molecule has 1 aromatic carbocycles. The second-order valence-corrected chi connectivity index (χ2v) is 6.06. The number of hydrogen-bond acceptors (Lipinski definition) is 5. The molecule has 114 valence electrons. The maximum Gasteiger partial charge on any atom is 0.243 e. The molecule has 0 amide bonds. The number of oxazole rings is 1. The average molecular weight is 314 g/mol. The molecule has 0 unspecified atom stereocenters. The van der Waals surface area contributed by atoms with Gasteiger partial charge in [0.25, 0.3) is 0 Å².